The molecule has 0 saturated carbocycles. The summed E-state index contributed by atoms with van der Waals surface area (Å²) in [5.74, 6) is 0. The minimum absolute atomic E-state index is 0.0467. The smallest absolute Gasteiger partial charge is 0.0546 e. The molecule has 0 aliphatic heterocycles. The van der Waals surface area contributed by atoms with Crippen molar-refractivity contribution in [3.63, 3.8) is 0 Å². The number of anilines is 6. The van der Waals surface area contributed by atoms with Crippen molar-refractivity contribution in [3.8, 4) is 22.3 Å². The second-order valence-corrected chi connectivity index (χ2v) is 18.6. The summed E-state index contributed by atoms with van der Waals surface area (Å²) in [7, 11) is 0. The summed E-state index contributed by atoms with van der Waals surface area (Å²) in [6.45, 7) is 13.7. The van der Waals surface area contributed by atoms with Crippen LogP contribution in [0.2, 0.25) is 0 Å². The molecule has 2 nitrogen and oxygen atoms in total. The highest BCUT2D eigenvalue weighted by Crippen LogP contribution is 2.52. The Hall–Kier alpha value is -7.16. The van der Waals surface area contributed by atoms with Crippen molar-refractivity contribution in [2.24, 2.45) is 0 Å². The minimum Gasteiger partial charge on any atom is -0.310 e. The van der Waals surface area contributed by atoms with Crippen molar-refractivity contribution in [3.05, 3.63) is 217 Å². The molecule has 302 valence electrons. The molecule has 0 spiro atoms. The van der Waals surface area contributed by atoms with Gasteiger partial charge in [0.15, 0.2) is 0 Å². The van der Waals surface area contributed by atoms with Crippen LogP contribution in [0.25, 0.3) is 54.6 Å². The molecule has 0 bridgehead atoms. The Bertz CT molecular complexity index is 2840. The molecule has 0 aliphatic carbocycles. The summed E-state index contributed by atoms with van der Waals surface area (Å²) in [6.07, 6.45) is 0. The molecule has 0 unspecified atom stereocenters. The molecule has 0 atom stereocenters. The Kier molecular flexibility index (Phi) is 9.68. The van der Waals surface area contributed by atoms with Crippen LogP contribution in [-0.4, -0.2) is 0 Å². The zero-order valence-corrected chi connectivity index (χ0v) is 36.5. The van der Waals surface area contributed by atoms with E-state index in [1.807, 2.05) is 0 Å². The fourth-order valence-electron chi connectivity index (χ4n) is 9.27. The third-order valence-corrected chi connectivity index (χ3v) is 12.5. The van der Waals surface area contributed by atoms with Crippen molar-refractivity contribution in [1.29, 1.82) is 0 Å². The Balaban J connectivity index is 1.37. The lowest BCUT2D eigenvalue weighted by Gasteiger charge is -2.31. The largest absolute Gasteiger partial charge is 0.310 e. The zero-order chi connectivity index (χ0) is 42.6. The highest BCUT2D eigenvalue weighted by Gasteiger charge is 2.26. The van der Waals surface area contributed by atoms with Gasteiger partial charge in [-0.05, 0) is 116 Å². The van der Waals surface area contributed by atoms with E-state index in [0.717, 1.165) is 34.1 Å². The average Bonchev–Trinajstić information content (AvgIpc) is 3.30. The summed E-state index contributed by atoms with van der Waals surface area (Å²) in [5.41, 5.74) is 14.3. The molecule has 0 saturated heterocycles. The quantitative estimate of drug-likeness (QED) is 0.141. The first-order valence-electron chi connectivity index (χ1n) is 21.9. The van der Waals surface area contributed by atoms with Crippen LogP contribution in [0.15, 0.2) is 206 Å². The first kappa shape index (κ1) is 39.0. The second kappa shape index (κ2) is 15.4. The molecular weight excluding hydrogens is 749 g/mol. The highest BCUT2D eigenvalue weighted by molar-refractivity contribution is 6.32. The van der Waals surface area contributed by atoms with Crippen molar-refractivity contribution >= 4 is 66.4 Å². The van der Waals surface area contributed by atoms with Crippen molar-refractivity contribution < 1.29 is 0 Å². The van der Waals surface area contributed by atoms with Crippen LogP contribution in [0.4, 0.5) is 34.1 Å². The van der Waals surface area contributed by atoms with Crippen LogP contribution >= 0.6 is 0 Å². The number of hydrogen-bond donors (Lipinski definition) is 0. The molecular formula is C60H52N2. The average molecular weight is 801 g/mol. The van der Waals surface area contributed by atoms with E-state index in [1.165, 1.54) is 65.7 Å². The van der Waals surface area contributed by atoms with E-state index in [-0.39, 0.29) is 10.8 Å². The monoisotopic (exact) mass is 800 g/mol. The van der Waals surface area contributed by atoms with Gasteiger partial charge >= 0.3 is 0 Å². The summed E-state index contributed by atoms with van der Waals surface area (Å²) in [4.78, 5) is 4.87. The molecule has 0 heterocycles. The summed E-state index contributed by atoms with van der Waals surface area (Å²) >= 11 is 0. The lowest BCUT2D eigenvalue weighted by molar-refractivity contribution is 0.590. The van der Waals surface area contributed by atoms with Gasteiger partial charge in [-0.25, -0.2) is 0 Å². The fourth-order valence-corrected chi connectivity index (χ4v) is 9.27. The fraction of sp³-hybridized carbons (Fsp3) is 0.133. The van der Waals surface area contributed by atoms with Gasteiger partial charge in [-0.15, -0.1) is 0 Å². The molecule has 0 fully saturated rings. The third-order valence-electron chi connectivity index (χ3n) is 12.5. The van der Waals surface area contributed by atoms with E-state index < -0.39 is 0 Å². The van der Waals surface area contributed by atoms with Crippen LogP contribution < -0.4 is 9.80 Å². The minimum atomic E-state index is 0.0467. The van der Waals surface area contributed by atoms with Crippen LogP contribution in [-0.2, 0) is 10.8 Å². The van der Waals surface area contributed by atoms with Gasteiger partial charge in [0.25, 0.3) is 0 Å². The Morgan fingerprint density at radius 3 is 0.839 bits per heavy atom. The molecule has 0 radical (unpaired) electrons. The summed E-state index contributed by atoms with van der Waals surface area (Å²) < 4.78 is 0. The van der Waals surface area contributed by atoms with E-state index >= 15 is 0 Å². The maximum atomic E-state index is 2.44. The van der Waals surface area contributed by atoms with E-state index in [0.29, 0.717) is 0 Å². The Morgan fingerprint density at radius 2 is 0.565 bits per heavy atom. The van der Waals surface area contributed by atoms with Crippen LogP contribution in [0.3, 0.4) is 0 Å². The van der Waals surface area contributed by atoms with Gasteiger partial charge in [-0.1, -0.05) is 187 Å². The van der Waals surface area contributed by atoms with E-state index in [2.05, 4.69) is 258 Å². The highest BCUT2D eigenvalue weighted by atomic mass is 15.1. The van der Waals surface area contributed by atoms with Crippen LogP contribution in [0.1, 0.15) is 52.7 Å². The normalized spacial score (nSPS) is 12.0. The van der Waals surface area contributed by atoms with Gasteiger partial charge in [0.1, 0.15) is 0 Å². The first-order chi connectivity index (χ1) is 30.0. The van der Waals surface area contributed by atoms with E-state index in [1.54, 1.807) is 0 Å². The van der Waals surface area contributed by atoms with E-state index in [9.17, 15) is 0 Å². The molecule has 0 aromatic heterocycles. The second-order valence-electron chi connectivity index (χ2n) is 18.6. The van der Waals surface area contributed by atoms with Crippen molar-refractivity contribution in [2.75, 3.05) is 9.80 Å². The number of nitrogens with zero attached hydrogens (tertiary/aromatic N) is 2. The van der Waals surface area contributed by atoms with Crippen molar-refractivity contribution in [2.45, 2.75) is 52.4 Å². The van der Waals surface area contributed by atoms with Gasteiger partial charge < -0.3 is 9.80 Å². The van der Waals surface area contributed by atoms with Gasteiger partial charge in [0.05, 0.1) is 11.4 Å². The Labute approximate surface area is 366 Å². The standard InChI is InChI=1S/C60H52N2/c1-59(2,3)43-31-27-41(28-32-43)53-39-55(61(45-19-11-7-12-20-45)46-21-13-8-14-22-46)51-37-38-52-56(62(47-23-15-9-16-24-47)48-25-17-10-18-26-48)40-54(50-36-35-49(53)57(51)58(50)52)42-29-33-44(34-30-42)60(4,5)6/h7-40H,1-6H3. The molecule has 62 heavy (non-hydrogen) atoms. The van der Waals surface area contributed by atoms with Gasteiger partial charge in [-0.2, -0.15) is 0 Å². The SMILES string of the molecule is CC(C)(C)c1ccc(-c2cc(N(c3ccccc3)c3ccccc3)c3ccc4c(N(c5ccccc5)c5ccccc5)cc(-c5ccc(C(C)(C)C)cc5)c5ccc2c3c54)cc1. The van der Waals surface area contributed by atoms with Gasteiger partial charge in [-0.3, -0.25) is 0 Å². The van der Waals surface area contributed by atoms with Crippen LogP contribution in [0, 0.1) is 0 Å². The molecule has 2 heteroatoms. The van der Waals surface area contributed by atoms with Crippen LogP contribution in [0.5, 0.6) is 0 Å². The predicted molar refractivity (Wildman–Crippen MR) is 268 cm³/mol. The first-order valence-corrected chi connectivity index (χ1v) is 21.9. The lowest BCUT2D eigenvalue weighted by atomic mass is 9.83. The van der Waals surface area contributed by atoms with Crippen molar-refractivity contribution in [1.82, 2.24) is 0 Å². The molecule has 0 N–H and O–H groups in total. The van der Waals surface area contributed by atoms with Gasteiger partial charge in [0, 0.05) is 44.3 Å². The molecule has 10 aromatic rings. The number of para-hydroxylation sites is 4. The number of rotatable bonds is 8. The summed E-state index contributed by atoms with van der Waals surface area (Å²) in [6, 6.07) is 76.2. The summed E-state index contributed by atoms with van der Waals surface area (Å²) in [5, 5.41) is 7.42. The maximum Gasteiger partial charge on any atom is 0.0546 e. The predicted octanol–water partition coefficient (Wildman–Crippen LogP) is 17.5. The van der Waals surface area contributed by atoms with E-state index in [4.69, 9.17) is 0 Å². The zero-order valence-electron chi connectivity index (χ0n) is 36.5. The molecule has 0 aliphatic rings. The topological polar surface area (TPSA) is 6.48 Å². The Morgan fingerprint density at radius 1 is 0.290 bits per heavy atom. The van der Waals surface area contributed by atoms with Gasteiger partial charge in [0.2, 0.25) is 0 Å². The maximum absolute atomic E-state index is 2.44. The number of hydrogen-bond acceptors (Lipinski definition) is 2. The molecule has 10 rings (SSSR count). The number of benzene rings is 10. The molecule has 10 aromatic carbocycles. The molecule has 0 amide bonds. The third kappa shape index (κ3) is 6.96. The lowest BCUT2D eigenvalue weighted by Crippen LogP contribution is -2.12.